The predicted octanol–water partition coefficient (Wildman–Crippen LogP) is 2.25. The molecule has 0 aliphatic heterocycles. The van der Waals surface area contributed by atoms with Gasteiger partial charge in [0.15, 0.2) is 0 Å². The maximum Gasteiger partial charge on any atom is 0.267 e. The highest BCUT2D eigenvalue weighted by Gasteiger charge is 2.35. The van der Waals surface area contributed by atoms with Crippen molar-refractivity contribution in [2.75, 3.05) is 13.7 Å². The number of hydrogen-bond acceptors (Lipinski definition) is 4. The first kappa shape index (κ1) is 17.5. The maximum absolute atomic E-state index is 12.3. The monoisotopic (exact) mass is 365 g/mol. The summed E-state index contributed by atoms with van der Waals surface area (Å²) in [5.74, 6) is 2.36. The molecule has 1 saturated carbocycles. The van der Waals surface area contributed by atoms with E-state index in [0.29, 0.717) is 30.0 Å². The highest BCUT2D eigenvalue weighted by atomic mass is 16.5. The first-order valence-electron chi connectivity index (χ1n) is 9.30. The number of aromatic nitrogens is 2. The van der Waals surface area contributed by atoms with E-state index in [2.05, 4.69) is 22.6 Å². The maximum atomic E-state index is 12.3. The van der Waals surface area contributed by atoms with Crippen molar-refractivity contribution in [3.05, 3.63) is 58.9 Å². The third kappa shape index (κ3) is 3.79. The van der Waals surface area contributed by atoms with Crippen molar-refractivity contribution in [1.82, 2.24) is 15.1 Å². The van der Waals surface area contributed by atoms with Crippen molar-refractivity contribution in [2.45, 2.75) is 19.4 Å². The van der Waals surface area contributed by atoms with Crippen molar-refractivity contribution in [3.8, 4) is 17.0 Å². The minimum absolute atomic E-state index is 0.0700. The number of fused-ring (bicyclic) bond motifs is 2. The third-order valence-corrected chi connectivity index (χ3v) is 5.52. The second-order valence-electron chi connectivity index (χ2n) is 7.29. The molecule has 140 valence electrons. The van der Waals surface area contributed by atoms with Gasteiger partial charge in [-0.1, -0.05) is 12.2 Å². The first-order valence-corrected chi connectivity index (χ1v) is 9.30. The molecule has 0 radical (unpaired) electrons. The summed E-state index contributed by atoms with van der Waals surface area (Å²) in [4.78, 5) is 24.4. The normalized spacial score (nSPS) is 22.8. The first-order chi connectivity index (χ1) is 13.1. The summed E-state index contributed by atoms with van der Waals surface area (Å²) in [6.07, 6.45) is 6.92. The van der Waals surface area contributed by atoms with E-state index in [4.69, 9.17) is 4.74 Å². The predicted molar refractivity (Wildman–Crippen MR) is 102 cm³/mol. The molecule has 0 spiro atoms. The fourth-order valence-corrected chi connectivity index (χ4v) is 4.04. The number of carbonyl (C=O) groups is 1. The molecule has 2 aliphatic rings. The van der Waals surface area contributed by atoms with Crippen LogP contribution in [-0.2, 0) is 11.3 Å². The van der Waals surface area contributed by atoms with E-state index in [9.17, 15) is 9.59 Å². The number of ether oxygens (including phenoxy) is 1. The molecule has 0 unspecified atom stereocenters. The molecule has 6 heteroatoms. The van der Waals surface area contributed by atoms with Gasteiger partial charge in [-0.15, -0.1) is 0 Å². The minimum Gasteiger partial charge on any atom is -0.497 e. The third-order valence-electron chi connectivity index (χ3n) is 5.52. The number of hydrogen-bond donors (Lipinski definition) is 1. The van der Waals surface area contributed by atoms with Crippen molar-refractivity contribution < 1.29 is 9.53 Å². The van der Waals surface area contributed by atoms with Gasteiger partial charge in [0.2, 0.25) is 5.91 Å². The molecular weight excluding hydrogens is 342 g/mol. The van der Waals surface area contributed by atoms with E-state index >= 15 is 0 Å². The van der Waals surface area contributed by atoms with Gasteiger partial charge in [0.25, 0.3) is 5.56 Å². The summed E-state index contributed by atoms with van der Waals surface area (Å²) in [5, 5.41) is 7.32. The second kappa shape index (κ2) is 7.39. The van der Waals surface area contributed by atoms with Gasteiger partial charge in [-0.05, 0) is 60.9 Å². The van der Waals surface area contributed by atoms with E-state index in [1.807, 2.05) is 24.3 Å². The number of rotatable bonds is 6. The van der Waals surface area contributed by atoms with Gasteiger partial charge in [-0.3, -0.25) is 9.59 Å². The summed E-state index contributed by atoms with van der Waals surface area (Å²) in [5.41, 5.74) is 1.22. The molecule has 1 fully saturated rings. The Hall–Kier alpha value is -2.89. The van der Waals surface area contributed by atoms with E-state index in [1.165, 1.54) is 17.2 Å². The summed E-state index contributed by atoms with van der Waals surface area (Å²) >= 11 is 0. The van der Waals surface area contributed by atoms with E-state index in [0.717, 1.165) is 17.7 Å². The lowest BCUT2D eigenvalue weighted by atomic mass is 9.94. The standard InChI is InChI=1S/C21H23N3O3/c1-27-18-6-4-15(5-7-18)19-8-9-21(26)24(23-19)13-20(25)22-12-17-11-14-2-3-16(17)10-14/h2-9,14,16-17H,10-13H2,1H3,(H,22,25)/t14-,16-,17-/m0/s1. The molecule has 2 aromatic rings. The number of nitrogens with zero attached hydrogens (tertiary/aromatic N) is 2. The Morgan fingerprint density at radius 3 is 2.67 bits per heavy atom. The molecule has 6 nitrogen and oxygen atoms in total. The number of carbonyl (C=O) groups excluding carboxylic acids is 1. The average Bonchev–Trinajstić information content (AvgIpc) is 3.31. The summed E-state index contributed by atoms with van der Waals surface area (Å²) < 4.78 is 6.37. The van der Waals surface area contributed by atoms with Crippen LogP contribution in [0.3, 0.4) is 0 Å². The van der Waals surface area contributed by atoms with Crippen LogP contribution < -0.4 is 15.6 Å². The van der Waals surface area contributed by atoms with Crippen LogP contribution >= 0.6 is 0 Å². The fraction of sp³-hybridized carbons (Fsp3) is 0.381. The highest BCUT2D eigenvalue weighted by Crippen LogP contribution is 2.42. The number of amides is 1. The van der Waals surface area contributed by atoms with Crippen LogP contribution in [0.25, 0.3) is 11.3 Å². The van der Waals surface area contributed by atoms with Crippen molar-refractivity contribution in [2.24, 2.45) is 17.8 Å². The van der Waals surface area contributed by atoms with E-state index < -0.39 is 0 Å². The average molecular weight is 365 g/mol. The van der Waals surface area contributed by atoms with Gasteiger partial charge >= 0.3 is 0 Å². The Morgan fingerprint density at radius 2 is 2.00 bits per heavy atom. The largest absolute Gasteiger partial charge is 0.497 e. The number of nitrogens with one attached hydrogen (secondary N) is 1. The summed E-state index contributed by atoms with van der Waals surface area (Å²) in [7, 11) is 1.61. The zero-order chi connectivity index (χ0) is 18.8. The van der Waals surface area contributed by atoms with Crippen molar-refractivity contribution in [1.29, 1.82) is 0 Å². The van der Waals surface area contributed by atoms with Crippen LogP contribution in [0.4, 0.5) is 0 Å². The smallest absolute Gasteiger partial charge is 0.267 e. The molecule has 3 atom stereocenters. The molecule has 1 heterocycles. The molecule has 2 bridgehead atoms. The molecule has 1 aromatic heterocycles. The van der Waals surface area contributed by atoms with Crippen LogP contribution in [0.5, 0.6) is 5.75 Å². The Kier molecular flexibility index (Phi) is 4.79. The zero-order valence-corrected chi connectivity index (χ0v) is 15.3. The van der Waals surface area contributed by atoms with Crippen LogP contribution in [0.15, 0.2) is 53.3 Å². The van der Waals surface area contributed by atoms with Gasteiger partial charge in [0.05, 0.1) is 12.8 Å². The van der Waals surface area contributed by atoms with Gasteiger partial charge < -0.3 is 10.1 Å². The second-order valence-corrected chi connectivity index (χ2v) is 7.29. The Balaban J connectivity index is 1.41. The van der Waals surface area contributed by atoms with Crippen LogP contribution in [0, 0.1) is 17.8 Å². The summed E-state index contributed by atoms with van der Waals surface area (Å²) in [6, 6.07) is 10.5. The topological polar surface area (TPSA) is 73.2 Å². The lowest BCUT2D eigenvalue weighted by Crippen LogP contribution is -2.36. The Bertz CT molecular complexity index is 917. The number of methoxy groups -OCH3 is 1. The molecule has 2 aliphatic carbocycles. The van der Waals surface area contributed by atoms with Crippen molar-refractivity contribution in [3.63, 3.8) is 0 Å². The van der Waals surface area contributed by atoms with Gasteiger partial charge in [-0.25, -0.2) is 4.68 Å². The quantitative estimate of drug-likeness (QED) is 0.797. The van der Waals surface area contributed by atoms with Crippen molar-refractivity contribution >= 4 is 5.91 Å². The van der Waals surface area contributed by atoms with E-state index in [-0.39, 0.29) is 18.0 Å². The highest BCUT2D eigenvalue weighted by molar-refractivity contribution is 5.75. The zero-order valence-electron chi connectivity index (χ0n) is 15.3. The summed E-state index contributed by atoms with van der Waals surface area (Å²) in [6.45, 7) is 0.594. The Morgan fingerprint density at radius 1 is 1.19 bits per heavy atom. The molecular formula is C21H23N3O3. The SMILES string of the molecule is COc1ccc(-c2ccc(=O)n(CC(=O)NC[C@@H]3C[C@H]4C=C[C@H]3C4)n2)cc1. The van der Waals surface area contributed by atoms with Crippen LogP contribution in [0.1, 0.15) is 12.8 Å². The molecule has 1 aromatic carbocycles. The molecule has 27 heavy (non-hydrogen) atoms. The lowest BCUT2D eigenvalue weighted by molar-refractivity contribution is -0.122. The number of benzene rings is 1. The fourth-order valence-electron chi connectivity index (χ4n) is 4.04. The van der Waals surface area contributed by atoms with Crippen LogP contribution in [-0.4, -0.2) is 29.3 Å². The Labute approximate surface area is 157 Å². The van der Waals surface area contributed by atoms with Crippen LogP contribution in [0.2, 0.25) is 0 Å². The molecule has 1 N–H and O–H groups in total. The minimum atomic E-state index is -0.287. The van der Waals surface area contributed by atoms with Gasteiger partial charge in [0.1, 0.15) is 12.3 Å². The lowest BCUT2D eigenvalue weighted by Gasteiger charge is -2.18. The van der Waals surface area contributed by atoms with Gasteiger partial charge in [0, 0.05) is 18.2 Å². The van der Waals surface area contributed by atoms with E-state index in [1.54, 1.807) is 13.2 Å². The molecule has 4 rings (SSSR count). The van der Waals surface area contributed by atoms with Gasteiger partial charge in [-0.2, -0.15) is 5.10 Å². The number of allylic oxidation sites excluding steroid dienone is 2. The molecule has 1 amide bonds. The molecule has 0 saturated heterocycles.